The molecule has 0 radical (unpaired) electrons. The average molecular weight is 251 g/mol. The van der Waals surface area contributed by atoms with Crippen LogP contribution in [0.15, 0.2) is 35.7 Å². The van der Waals surface area contributed by atoms with Gasteiger partial charge in [0.05, 0.1) is 5.56 Å². The van der Waals surface area contributed by atoms with Crippen molar-refractivity contribution < 1.29 is 14.7 Å². The van der Waals surface area contributed by atoms with Crippen LogP contribution in [0.4, 0.5) is 0 Å². The molecule has 1 rings (SSSR count). The molecule has 0 aromatic heterocycles. The van der Waals surface area contributed by atoms with E-state index in [0.29, 0.717) is 6.54 Å². The van der Waals surface area contributed by atoms with Gasteiger partial charge in [0, 0.05) is 12.6 Å². The Labute approximate surface area is 104 Å². The van der Waals surface area contributed by atoms with E-state index >= 15 is 0 Å². The van der Waals surface area contributed by atoms with Crippen LogP contribution in [0.25, 0.3) is 0 Å². The molecule has 0 saturated heterocycles. The predicted octanol–water partition coefficient (Wildman–Crippen LogP) is 1.88. The van der Waals surface area contributed by atoms with Crippen molar-refractivity contribution in [3.8, 4) is 0 Å². The normalized spacial score (nSPS) is 10.4. The second-order valence-corrected chi connectivity index (χ2v) is 4.00. The molecule has 0 atom stereocenters. The number of rotatable bonds is 5. The van der Waals surface area contributed by atoms with Crippen molar-refractivity contribution in [1.82, 2.24) is 5.32 Å². The smallest absolute Gasteiger partial charge is 0.335 e. The highest BCUT2D eigenvalue weighted by Crippen LogP contribution is 2.04. The van der Waals surface area contributed by atoms with E-state index in [1.54, 1.807) is 17.5 Å². The summed E-state index contributed by atoms with van der Waals surface area (Å²) in [5.41, 5.74) is 1.10. The van der Waals surface area contributed by atoms with Crippen molar-refractivity contribution in [2.75, 3.05) is 6.26 Å². The van der Waals surface area contributed by atoms with Crippen LogP contribution in [-0.4, -0.2) is 23.2 Å². The molecular weight excluding hydrogens is 238 g/mol. The quantitative estimate of drug-likeness (QED) is 0.784. The summed E-state index contributed by atoms with van der Waals surface area (Å²) >= 11 is 1.45. The maximum atomic E-state index is 11.2. The number of nitrogens with one attached hydrogen (secondary N) is 1. The van der Waals surface area contributed by atoms with Crippen LogP contribution in [0, 0.1) is 0 Å². The maximum absolute atomic E-state index is 11.2. The lowest BCUT2D eigenvalue weighted by atomic mass is 10.1. The number of thioether (sulfide) groups is 1. The molecule has 1 aromatic carbocycles. The number of benzene rings is 1. The number of carboxylic acids is 1. The third-order valence-corrected chi connectivity index (χ3v) is 2.43. The zero-order valence-electron chi connectivity index (χ0n) is 9.34. The minimum Gasteiger partial charge on any atom is -0.478 e. The largest absolute Gasteiger partial charge is 0.478 e. The van der Waals surface area contributed by atoms with Gasteiger partial charge < -0.3 is 10.4 Å². The number of carbonyl (C=O) groups excluding carboxylic acids is 1. The first-order valence-electron chi connectivity index (χ1n) is 4.93. The van der Waals surface area contributed by atoms with Crippen LogP contribution in [0.1, 0.15) is 15.9 Å². The van der Waals surface area contributed by atoms with Crippen LogP contribution < -0.4 is 5.32 Å². The van der Waals surface area contributed by atoms with Gasteiger partial charge in [-0.1, -0.05) is 12.1 Å². The fourth-order valence-corrected chi connectivity index (χ4v) is 1.40. The van der Waals surface area contributed by atoms with E-state index in [0.717, 1.165) is 5.56 Å². The number of carboxylic acid groups (broad SMARTS) is 1. The van der Waals surface area contributed by atoms with Crippen LogP contribution in [0.2, 0.25) is 0 Å². The monoisotopic (exact) mass is 251 g/mol. The van der Waals surface area contributed by atoms with Gasteiger partial charge in [-0.25, -0.2) is 4.79 Å². The summed E-state index contributed by atoms with van der Waals surface area (Å²) in [6, 6.07) is 6.40. The minimum atomic E-state index is -0.955. The zero-order chi connectivity index (χ0) is 12.7. The molecule has 0 aliphatic carbocycles. The van der Waals surface area contributed by atoms with Gasteiger partial charge >= 0.3 is 5.97 Å². The van der Waals surface area contributed by atoms with Crippen molar-refractivity contribution in [1.29, 1.82) is 0 Å². The topological polar surface area (TPSA) is 66.4 Å². The van der Waals surface area contributed by atoms with E-state index in [-0.39, 0.29) is 11.5 Å². The fraction of sp³-hybridized carbons (Fsp3) is 0.167. The number of aromatic carboxylic acids is 1. The van der Waals surface area contributed by atoms with Gasteiger partial charge in [0.25, 0.3) is 0 Å². The molecule has 5 heteroatoms. The highest BCUT2D eigenvalue weighted by atomic mass is 32.2. The van der Waals surface area contributed by atoms with Crippen molar-refractivity contribution in [3.05, 3.63) is 46.9 Å². The molecule has 17 heavy (non-hydrogen) atoms. The Hall–Kier alpha value is -1.75. The molecule has 0 heterocycles. The second-order valence-electron chi connectivity index (χ2n) is 3.26. The van der Waals surface area contributed by atoms with Crippen molar-refractivity contribution in [2.45, 2.75) is 6.54 Å². The Kier molecular flexibility index (Phi) is 5.29. The standard InChI is InChI=1S/C12H13NO3S/c1-17-7-6-11(14)13-8-9-2-4-10(5-3-9)12(15)16/h2-7H,8H2,1H3,(H,13,14)(H,15,16)/b7-6+. The number of hydrogen-bond donors (Lipinski definition) is 2. The van der Waals surface area contributed by atoms with Gasteiger partial charge in [0.2, 0.25) is 5.91 Å². The molecule has 1 amide bonds. The predicted molar refractivity (Wildman–Crippen MR) is 67.9 cm³/mol. The lowest BCUT2D eigenvalue weighted by molar-refractivity contribution is -0.116. The Bertz CT molecular complexity index is 426. The van der Waals surface area contributed by atoms with Gasteiger partial charge in [-0.2, -0.15) is 0 Å². The summed E-state index contributed by atoms with van der Waals surface area (Å²) in [7, 11) is 0. The first kappa shape index (κ1) is 13.3. The molecule has 4 nitrogen and oxygen atoms in total. The minimum absolute atomic E-state index is 0.165. The van der Waals surface area contributed by atoms with Gasteiger partial charge in [-0.15, -0.1) is 11.8 Å². The molecule has 0 spiro atoms. The maximum Gasteiger partial charge on any atom is 0.335 e. The molecular formula is C12H13NO3S. The Morgan fingerprint density at radius 3 is 2.53 bits per heavy atom. The van der Waals surface area contributed by atoms with Crippen molar-refractivity contribution in [3.63, 3.8) is 0 Å². The van der Waals surface area contributed by atoms with Crippen LogP contribution in [0.5, 0.6) is 0 Å². The van der Waals surface area contributed by atoms with Crippen LogP contribution in [-0.2, 0) is 11.3 Å². The van der Waals surface area contributed by atoms with Gasteiger partial charge in [-0.05, 0) is 29.4 Å². The SMILES string of the molecule is CS/C=C/C(=O)NCc1ccc(C(=O)O)cc1. The Morgan fingerprint density at radius 1 is 1.35 bits per heavy atom. The number of amides is 1. The Morgan fingerprint density at radius 2 is 2.00 bits per heavy atom. The summed E-state index contributed by atoms with van der Waals surface area (Å²) in [4.78, 5) is 21.9. The molecule has 0 bridgehead atoms. The second kappa shape index (κ2) is 6.75. The molecule has 2 N–H and O–H groups in total. The number of hydrogen-bond acceptors (Lipinski definition) is 3. The molecule has 0 unspecified atom stereocenters. The first-order valence-corrected chi connectivity index (χ1v) is 6.21. The van der Waals surface area contributed by atoms with E-state index < -0.39 is 5.97 Å². The van der Waals surface area contributed by atoms with E-state index in [2.05, 4.69) is 5.32 Å². The summed E-state index contributed by atoms with van der Waals surface area (Å²) < 4.78 is 0. The highest BCUT2D eigenvalue weighted by Gasteiger charge is 2.02. The molecule has 0 aliphatic rings. The lowest BCUT2D eigenvalue weighted by Crippen LogP contribution is -2.20. The molecule has 1 aromatic rings. The molecule has 0 aliphatic heterocycles. The van der Waals surface area contributed by atoms with Gasteiger partial charge in [0.15, 0.2) is 0 Å². The third-order valence-electron chi connectivity index (χ3n) is 2.02. The summed E-state index contributed by atoms with van der Waals surface area (Å²) in [5, 5.41) is 13.1. The summed E-state index contributed by atoms with van der Waals surface area (Å²) in [5.74, 6) is -1.12. The molecule has 0 saturated carbocycles. The Balaban J connectivity index is 2.50. The lowest BCUT2D eigenvalue weighted by Gasteiger charge is -2.02. The van der Waals surface area contributed by atoms with E-state index in [1.807, 2.05) is 6.26 Å². The van der Waals surface area contributed by atoms with Crippen molar-refractivity contribution >= 4 is 23.6 Å². The third kappa shape index (κ3) is 4.74. The number of carbonyl (C=O) groups is 2. The fourth-order valence-electron chi connectivity index (χ4n) is 1.14. The summed E-state index contributed by atoms with van der Waals surface area (Å²) in [6.45, 7) is 0.386. The average Bonchev–Trinajstić information content (AvgIpc) is 2.34. The van der Waals surface area contributed by atoms with E-state index in [4.69, 9.17) is 5.11 Å². The van der Waals surface area contributed by atoms with Crippen LogP contribution >= 0.6 is 11.8 Å². The van der Waals surface area contributed by atoms with E-state index in [1.165, 1.54) is 30.0 Å². The van der Waals surface area contributed by atoms with Gasteiger partial charge in [-0.3, -0.25) is 4.79 Å². The van der Waals surface area contributed by atoms with Crippen molar-refractivity contribution in [2.24, 2.45) is 0 Å². The first-order chi connectivity index (χ1) is 8.13. The zero-order valence-corrected chi connectivity index (χ0v) is 10.2. The molecule has 90 valence electrons. The van der Waals surface area contributed by atoms with E-state index in [9.17, 15) is 9.59 Å². The van der Waals surface area contributed by atoms with Gasteiger partial charge in [0.1, 0.15) is 0 Å². The van der Waals surface area contributed by atoms with Crippen LogP contribution in [0.3, 0.4) is 0 Å². The highest BCUT2D eigenvalue weighted by molar-refractivity contribution is 8.01. The molecule has 0 fully saturated rings. The summed E-state index contributed by atoms with van der Waals surface area (Å²) in [6.07, 6.45) is 3.32.